The number of imidazole rings is 1. The predicted molar refractivity (Wildman–Crippen MR) is 70.6 cm³/mol. The number of fused-ring (bicyclic) bond motifs is 1. The first-order valence-corrected chi connectivity index (χ1v) is 7.13. The first-order chi connectivity index (χ1) is 8.22. The van der Waals surface area contributed by atoms with Gasteiger partial charge in [-0.1, -0.05) is 31.1 Å². The normalized spacial score (nSPS) is 25.3. The van der Waals surface area contributed by atoms with E-state index in [0.717, 1.165) is 21.7 Å². The molecule has 0 unspecified atom stereocenters. The fourth-order valence-electron chi connectivity index (χ4n) is 2.56. The van der Waals surface area contributed by atoms with E-state index in [1.54, 1.807) is 11.3 Å². The zero-order valence-corrected chi connectivity index (χ0v) is 11.1. The standard InChI is InChI=1S/C12H18N4S/c1-8-5-3-4-6-10(8)14-11-15-16-7-9(2)13-12(16)17-11/h7-8,10H,3-6H2,1-2H3,(H,14,15)/t8-,10-/m0/s1. The molecule has 1 fully saturated rings. The molecule has 2 aromatic rings. The number of aryl methyl sites for hydroxylation is 1. The van der Waals surface area contributed by atoms with E-state index in [-0.39, 0.29) is 0 Å². The Labute approximate surface area is 105 Å². The molecule has 0 aliphatic heterocycles. The molecule has 1 aliphatic rings. The van der Waals surface area contributed by atoms with E-state index in [1.807, 2.05) is 17.6 Å². The summed E-state index contributed by atoms with van der Waals surface area (Å²) in [5, 5.41) is 9.10. The van der Waals surface area contributed by atoms with Gasteiger partial charge in [-0.05, 0) is 25.7 Å². The fourth-order valence-corrected chi connectivity index (χ4v) is 3.45. The molecule has 2 atom stereocenters. The van der Waals surface area contributed by atoms with Crippen molar-refractivity contribution in [2.75, 3.05) is 5.32 Å². The second kappa shape index (κ2) is 4.29. The monoisotopic (exact) mass is 250 g/mol. The summed E-state index contributed by atoms with van der Waals surface area (Å²) in [6.07, 6.45) is 7.28. The van der Waals surface area contributed by atoms with Crippen LogP contribution in [0.15, 0.2) is 6.20 Å². The Balaban J connectivity index is 1.77. The van der Waals surface area contributed by atoms with Gasteiger partial charge in [0.05, 0.1) is 11.9 Å². The summed E-state index contributed by atoms with van der Waals surface area (Å²) in [4.78, 5) is 5.40. The van der Waals surface area contributed by atoms with Crippen LogP contribution in [-0.2, 0) is 0 Å². The van der Waals surface area contributed by atoms with E-state index in [2.05, 4.69) is 22.3 Å². The van der Waals surface area contributed by atoms with Crippen molar-refractivity contribution in [3.8, 4) is 0 Å². The second-order valence-corrected chi connectivity index (χ2v) is 5.99. The Morgan fingerprint density at radius 3 is 3.00 bits per heavy atom. The van der Waals surface area contributed by atoms with Gasteiger partial charge in [-0.25, -0.2) is 9.50 Å². The van der Waals surface area contributed by atoms with Crippen LogP contribution in [0.4, 0.5) is 5.13 Å². The molecule has 0 saturated heterocycles. The van der Waals surface area contributed by atoms with Gasteiger partial charge in [-0.3, -0.25) is 0 Å². The van der Waals surface area contributed by atoms with Gasteiger partial charge < -0.3 is 5.32 Å². The topological polar surface area (TPSA) is 42.2 Å². The average Bonchev–Trinajstić information content (AvgIpc) is 2.78. The molecule has 0 radical (unpaired) electrons. The van der Waals surface area contributed by atoms with E-state index < -0.39 is 0 Å². The molecular formula is C12H18N4S. The van der Waals surface area contributed by atoms with Crippen molar-refractivity contribution in [2.24, 2.45) is 5.92 Å². The maximum absolute atomic E-state index is 4.52. The molecule has 2 heterocycles. The lowest BCUT2D eigenvalue weighted by molar-refractivity contribution is 0.349. The Bertz CT molecular complexity index is 484. The molecule has 5 heteroatoms. The minimum absolute atomic E-state index is 0.584. The third-order valence-corrected chi connectivity index (χ3v) is 4.44. The van der Waals surface area contributed by atoms with Crippen LogP contribution in [0.1, 0.15) is 38.3 Å². The van der Waals surface area contributed by atoms with Crippen molar-refractivity contribution in [3.63, 3.8) is 0 Å². The molecule has 0 bridgehead atoms. The van der Waals surface area contributed by atoms with Crippen LogP contribution in [0.5, 0.6) is 0 Å². The van der Waals surface area contributed by atoms with Crippen LogP contribution in [0.3, 0.4) is 0 Å². The summed E-state index contributed by atoms with van der Waals surface area (Å²) >= 11 is 1.64. The number of nitrogens with zero attached hydrogens (tertiary/aromatic N) is 3. The molecule has 0 spiro atoms. The molecule has 1 N–H and O–H groups in total. The number of rotatable bonds is 2. The molecule has 0 aromatic carbocycles. The van der Waals surface area contributed by atoms with Gasteiger partial charge in [0.1, 0.15) is 0 Å². The smallest absolute Gasteiger partial charge is 0.214 e. The maximum atomic E-state index is 4.52. The van der Waals surface area contributed by atoms with Gasteiger partial charge in [-0.2, -0.15) is 0 Å². The van der Waals surface area contributed by atoms with E-state index in [9.17, 15) is 0 Å². The van der Waals surface area contributed by atoms with Crippen molar-refractivity contribution >= 4 is 21.4 Å². The summed E-state index contributed by atoms with van der Waals surface area (Å²) < 4.78 is 1.87. The molecule has 1 saturated carbocycles. The van der Waals surface area contributed by atoms with Gasteiger partial charge in [0.15, 0.2) is 0 Å². The minimum atomic E-state index is 0.584. The molecule has 0 amide bonds. The second-order valence-electron chi connectivity index (χ2n) is 5.03. The number of hydrogen-bond donors (Lipinski definition) is 1. The van der Waals surface area contributed by atoms with E-state index in [1.165, 1.54) is 25.7 Å². The van der Waals surface area contributed by atoms with Crippen LogP contribution in [0.2, 0.25) is 0 Å². The first-order valence-electron chi connectivity index (χ1n) is 6.32. The van der Waals surface area contributed by atoms with Crippen molar-refractivity contribution < 1.29 is 0 Å². The van der Waals surface area contributed by atoms with Gasteiger partial charge in [-0.15, -0.1) is 5.10 Å². The molecule has 2 aromatic heterocycles. The zero-order chi connectivity index (χ0) is 11.8. The lowest BCUT2D eigenvalue weighted by atomic mass is 9.86. The van der Waals surface area contributed by atoms with Gasteiger partial charge in [0.2, 0.25) is 10.1 Å². The van der Waals surface area contributed by atoms with Crippen molar-refractivity contribution in [2.45, 2.75) is 45.6 Å². The molecule has 92 valence electrons. The summed E-state index contributed by atoms with van der Waals surface area (Å²) in [7, 11) is 0. The molecular weight excluding hydrogens is 232 g/mol. The highest BCUT2D eigenvalue weighted by atomic mass is 32.1. The van der Waals surface area contributed by atoms with E-state index in [0.29, 0.717) is 6.04 Å². The summed E-state index contributed by atoms with van der Waals surface area (Å²) in [6.45, 7) is 4.33. The van der Waals surface area contributed by atoms with Crippen molar-refractivity contribution in [1.29, 1.82) is 0 Å². The zero-order valence-electron chi connectivity index (χ0n) is 10.3. The van der Waals surface area contributed by atoms with Crippen LogP contribution in [0.25, 0.3) is 4.96 Å². The highest BCUT2D eigenvalue weighted by Gasteiger charge is 2.22. The average molecular weight is 250 g/mol. The van der Waals surface area contributed by atoms with Crippen LogP contribution in [0, 0.1) is 12.8 Å². The Hall–Kier alpha value is -1.10. The van der Waals surface area contributed by atoms with E-state index >= 15 is 0 Å². The molecule has 4 nitrogen and oxygen atoms in total. The number of aromatic nitrogens is 3. The third kappa shape index (κ3) is 2.16. The van der Waals surface area contributed by atoms with Crippen LogP contribution < -0.4 is 5.32 Å². The summed E-state index contributed by atoms with van der Waals surface area (Å²) in [5.41, 5.74) is 1.03. The lowest BCUT2D eigenvalue weighted by Gasteiger charge is -2.29. The minimum Gasteiger partial charge on any atom is -0.357 e. The highest BCUT2D eigenvalue weighted by molar-refractivity contribution is 7.20. The largest absolute Gasteiger partial charge is 0.357 e. The first kappa shape index (κ1) is 11.0. The molecule has 1 aliphatic carbocycles. The maximum Gasteiger partial charge on any atom is 0.214 e. The van der Waals surface area contributed by atoms with Crippen molar-refractivity contribution in [1.82, 2.24) is 14.6 Å². The highest BCUT2D eigenvalue weighted by Crippen LogP contribution is 2.28. The van der Waals surface area contributed by atoms with Gasteiger partial charge in [0, 0.05) is 6.04 Å². The molecule has 17 heavy (non-hydrogen) atoms. The Morgan fingerprint density at radius 2 is 2.24 bits per heavy atom. The number of anilines is 1. The quantitative estimate of drug-likeness (QED) is 0.890. The summed E-state index contributed by atoms with van der Waals surface area (Å²) in [6, 6.07) is 0.584. The fraction of sp³-hybridized carbons (Fsp3) is 0.667. The third-order valence-electron chi connectivity index (χ3n) is 3.58. The Morgan fingerprint density at radius 1 is 1.41 bits per heavy atom. The van der Waals surface area contributed by atoms with E-state index in [4.69, 9.17) is 0 Å². The van der Waals surface area contributed by atoms with Crippen LogP contribution >= 0.6 is 11.3 Å². The van der Waals surface area contributed by atoms with Crippen LogP contribution in [-0.4, -0.2) is 20.6 Å². The lowest BCUT2D eigenvalue weighted by Crippen LogP contribution is -2.30. The van der Waals surface area contributed by atoms with Gasteiger partial charge in [0.25, 0.3) is 0 Å². The van der Waals surface area contributed by atoms with Gasteiger partial charge >= 0.3 is 0 Å². The van der Waals surface area contributed by atoms with Crippen molar-refractivity contribution in [3.05, 3.63) is 11.9 Å². The predicted octanol–water partition coefficient (Wildman–Crippen LogP) is 3.09. The molecule has 3 rings (SSSR count). The summed E-state index contributed by atoms with van der Waals surface area (Å²) in [5.74, 6) is 0.752. The Kier molecular flexibility index (Phi) is 2.78. The SMILES string of the molecule is Cc1cn2nc(N[C@H]3CCCC[C@@H]3C)sc2n1. The number of nitrogens with one attached hydrogen (secondary N) is 1. The number of hydrogen-bond acceptors (Lipinski definition) is 4.